The average molecular weight is 287 g/mol. The highest BCUT2D eigenvalue weighted by Gasteiger charge is 2.08. The van der Waals surface area contributed by atoms with E-state index in [0.717, 1.165) is 25.0 Å². The first-order valence-electron chi connectivity index (χ1n) is 3.93. The van der Waals surface area contributed by atoms with Crippen LogP contribution in [0, 0.1) is 11.3 Å². The highest BCUT2D eigenvalue weighted by atomic mass is 79.9. The number of nitrogens with zero attached hydrogens (tertiary/aromatic N) is 1. The molecule has 0 fully saturated rings. The molecule has 0 aliphatic carbocycles. The molecule has 2 aromatic rings. The Morgan fingerprint density at radius 2 is 2.29 bits per heavy atom. The molecular formula is C10H5BrClNS. The van der Waals surface area contributed by atoms with E-state index in [1.54, 1.807) is 0 Å². The van der Waals surface area contributed by atoms with Crippen LogP contribution in [0.3, 0.4) is 0 Å². The largest absolute Gasteiger partial charge is 0.192 e. The van der Waals surface area contributed by atoms with Gasteiger partial charge in [0.25, 0.3) is 0 Å². The van der Waals surface area contributed by atoms with Crippen LogP contribution in [0.2, 0.25) is 0 Å². The maximum Gasteiger partial charge on any atom is 0.110 e. The highest BCUT2D eigenvalue weighted by molar-refractivity contribution is 9.10. The summed E-state index contributed by atoms with van der Waals surface area (Å²) in [6.07, 6.45) is 0. The number of fused-ring (bicyclic) bond motifs is 1. The van der Waals surface area contributed by atoms with Crippen molar-refractivity contribution in [3.63, 3.8) is 0 Å². The van der Waals surface area contributed by atoms with Gasteiger partial charge in [-0.2, -0.15) is 5.26 Å². The standard InChI is InChI=1S/C10H5BrClNS/c11-9-2-1-6-3-7(5-13)14-10(6)8(9)4-12/h1-3H,4H2. The van der Waals surface area contributed by atoms with Gasteiger partial charge >= 0.3 is 0 Å². The van der Waals surface area contributed by atoms with Crippen molar-refractivity contribution in [2.45, 2.75) is 5.88 Å². The molecule has 0 N–H and O–H groups in total. The first kappa shape index (κ1) is 9.97. The van der Waals surface area contributed by atoms with Crippen molar-refractivity contribution in [2.24, 2.45) is 0 Å². The molecule has 0 amide bonds. The summed E-state index contributed by atoms with van der Waals surface area (Å²) in [6, 6.07) is 8.00. The number of nitriles is 1. The summed E-state index contributed by atoms with van der Waals surface area (Å²) >= 11 is 10.8. The van der Waals surface area contributed by atoms with Gasteiger partial charge in [-0.1, -0.05) is 22.0 Å². The summed E-state index contributed by atoms with van der Waals surface area (Å²) < 4.78 is 2.11. The van der Waals surface area contributed by atoms with Crippen molar-refractivity contribution in [3.8, 4) is 6.07 Å². The smallest absolute Gasteiger partial charge is 0.110 e. The fourth-order valence-corrected chi connectivity index (χ4v) is 3.44. The molecule has 1 aromatic carbocycles. The Morgan fingerprint density at radius 1 is 1.50 bits per heavy atom. The minimum Gasteiger partial charge on any atom is -0.192 e. The van der Waals surface area contributed by atoms with Crippen LogP contribution in [0.15, 0.2) is 22.7 Å². The number of thiophene rings is 1. The van der Waals surface area contributed by atoms with Gasteiger partial charge < -0.3 is 0 Å². The van der Waals surface area contributed by atoms with Gasteiger partial charge in [0.15, 0.2) is 0 Å². The number of hydrogen-bond donors (Lipinski definition) is 0. The summed E-state index contributed by atoms with van der Waals surface area (Å²) in [5.74, 6) is 0.462. The van der Waals surface area contributed by atoms with Crippen LogP contribution >= 0.6 is 38.9 Å². The van der Waals surface area contributed by atoms with Gasteiger partial charge in [-0.25, -0.2) is 0 Å². The summed E-state index contributed by atoms with van der Waals surface area (Å²) in [5.41, 5.74) is 1.07. The Hall–Kier alpha value is -0.560. The van der Waals surface area contributed by atoms with E-state index in [-0.39, 0.29) is 0 Å². The predicted molar refractivity (Wildman–Crippen MR) is 63.8 cm³/mol. The molecule has 1 heterocycles. The molecule has 0 saturated carbocycles. The summed E-state index contributed by atoms with van der Waals surface area (Å²) in [4.78, 5) is 0.726. The topological polar surface area (TPSA) is 23.8 Å². The second-order valence-electron chi connectivity index (χ2n) is 2.80. The third kappa shape index (κ3) is 1.54. The Bertz CT molecular complexity index is 527. The van der Waals surface area contributed by atoms with Gasteiger partial charge in [0, 0.05) is 15.1 Å². The van der Waals surface area contributed by atoms with Crippen molar-refractivity contribution in [1.82, 2.24) is 0 Å². The Balaban J connectivity index is 2.81. The van der Waals surface area contributed by atoms with Crippen molar-refractivity contribution in [3.05, 3.63) is 33.1 Å². The van der Waals surface area contributed by atoms with Crippen LogP contribution < -0.4 is 0 Å². The van der Waals surface area contributed by atoms with Gasteiger partial charge in [-0.05, 0) is 23.1 Å². The molecule has 0 atom stereocenters. The third-order valence-corrected chi connectivity index (χ3v) is 4.10. The average Bonchev–Trinajstić information content (AvgIpc) is 2.60. The molecule has 0 aliphatic rings. The molecule has 1 nitrogen and oxygen atoms in total. The molecule has 0 saturated heterocycles. The minimum absolute atomic E-state index is 0.462. The van der Waals surface area contributed by atoms with E-state index in [2.05, 4.69) is 22.0 Å². The lowest BCUT2D eigenvalue weighted by molar-refractivity contribution is 1.43. The molecule has 4 heteroatoms. The normalized spacial score (nSPS) is 10.4. The number of benzene rings is 1. The second-order valence-corrected chi connectivity index (χ2v) is 4.97. The molecule has 70 valence electrons. The van der Waals surface area contributed by atoms with Crippen LogP contribution in [-0.2, 0) is 5.88 Å². The Labute approximate surface area is 99.0 Å². The lowest BCUT2D eigenvalue weighted by atomic mass is 10.2. The molecule has 0 unspecified atom stereocenters. The summed E-state index contributed by atoms with van der Waals surface area (Å²) in [6.45, 7) is 0. The van der Waals surface area contributed by atoms with E-state index < -0.39 is 0 Å². The lowest BCUT2D eigenvalue weighted by Gasteiger charge is -2.00. The third-order valence-electron chi connectivity index (χ3n) is 1.98. The Kier molecular flexibility index (Phi) is 2.78. The SMILES string of the molecule is N#Cc1cc2ccc(Br)c(CCl)c2s1. The number of rotatable bonds is 1. The van der Waals surface area contributed by atoms with Crippen LogP contribution in [0.5, 0.6) is 0 Å². The zero-order valence-corrected chi connectivity index (χ0v) is 10.2. The van der Waals surface area contributed by atoms with Crippen LogP contribution in [0.4, 0.5) is 0 Å². The van der Waals surface area contributed by atoms with Gasteiger partial charge in [0.2, 0.25) is 0 Å². The second kappa shape index (κ2) is 3.90. The monoisotopic (exact) mass is 285 g/mol. The molecule has 0 spiro atoms. The number of halogens is 2. The molecule has 0 bridgehead atoms. The van der Waals surface area contributed by atoms with Crippen molar-refractivity contribution < 1.29 is 0 Å². The van der Waals surface area contributed by atoms with E-state index in [1.807, 2.05) is 18.2 Å². The molecular weight excluding hydrogens is 282 g/mol. The minimum atomic E-state index is 0.462. The van der Waals surface area contributed by atoms with Gasteiger partial charge in [0.05, 0.1) is 0 Å². The predicted octanol–water partition coefficient (Wildman–Crippen LogP) is 4.27. The van der Waals surface area contributed by atoms with E-state index in [1.165, 1.54) is 11.3 Å². The molecule has 2 rings (SSSR count). The summed E-state index contributed by atoms with van der Waals surface area (Å²) in [5, 5.41) is 9.88. The zero-order valence-electron chi connectivity index (χ0n) is 7.05. The van der Waals surface area contributed by atoms with Gasteiger partial charge in [-0.15, -0.1) is 22.9 Å². The van der Waals surface area contributed by atoms with Crippen LogP contribution in [-0.4, -0.2) is 0 Å². The van der Waals surface area contributed by atoms with Crippen molar-refractivity contribution in [1.29, 1.82) is 5.26 Å². The summed E-state index contributed by atoms with van der Waals surface area (Å²) in [7, 11) is 0. The van der Waals surface area contributed by atoms with E-state index in [9.17, 15) is 0 Å². The highest BCUT2D eigenvalue weighted by Crippen LogP contribution is 2.33. The fourth-order valence-electron chi connectivity index (χ4n) is 1.32. The van der Waals surface area contributed by atoms with Gasteiger partial charge in [-0.3, -0.25) is 0 Å². The van der Waals surface area contributed by atoms with E-state index in [0.29, 0.717) is 5.88 Å². The number of alkyl halides is 1. The van der Waals surface area contributed by atoms with Crippen molar-refractivity contribution in [2.75, 3.05) is 0 Å². The fraction of sp³-hybridized carbons (Fsp3) is 0.100. The maximum atomic E-state index is 8.79. The molecule has 0 aliphatic heterocycles. The Morgan fingerprint density at radius 3 is 2.93 bits per heavy atom. The first-order chi connectivity index (χ1) is 6.76. The van der Waals surface area contributed by atoms with Crippen LogP contribution in [0.1, 0.15) is 10.4 Å². The maximum absolute atomic E-state index is 8.79. The zero-order chi connectivity index (χ0) is 10.1. The quantitative estimate of drug-likeness (QED) is 0.718. The van der Waals surface area contributed by atoms with E-state index in [4.69, 9.17) is 16.9 Å². The van der Waals surface area contributed by atoms with Crippen LogP contribution in [0.25, 0.3) is 10.1 Å². The molecule has 1 aromatic heterocycles. The lowest BCUT2D eigenvalue weighted by Crippen LogP contribution is -1.79. The van der Waals surface area contributed by atoms with Gasteiger partial charge in [0.1, 0.15) is 10.9 Å². The first-order valence-corrected chi connectivity index (χ1v) is 6.07. The molecule has 0 radical (unpaired) electrons. The van der Waals surface area contributed by atoms with E-state index >= 15 is 0 Å². The molecule has 14 heavy (non-hydrogen) atoms. The number of hydrogen-bond acceptors (Lipinski definition) is 2. The van der Waals surface area contributed by atoms with Crippen molar-refractivity contribution >= 4 is 49.0 Å².